The van der Waals surface area contributed by atoms with Gasteiger partial charge in [0.1, 0.15) is 0 Å². The molecule has 3 aliphatic heterocycles. The van der Waals surface area contributed by atoms with Gasteiger partial charge in [-0.25, -0.2) is 0 Å². The normalized spacial score (nSPS) is 32.6. The van der Waals surface area contributed by atoms with Crippen LogP contribution in [0.2, 0.25) is 0 Å². The van der Waals surface area contributed by atoms with Gasteiger partial charge in [0.25, 0.3) is 0 Å². The topological polar surface area (TPSA) is 24.5 Å². The average molecular weight is 272 g/mol. The first kappa shape index (κ1) is 12.8. The van der Waals surface area contributed by atoms with E-state index < -0.39 is 0 Å². The fourth-order valence-corrected chi connectivity index (χ4v) is 4.51. The van der Waals surface area contributed by atoms with Crippen molar-refractivity contribution in [2.45, 2.75) is 24.9 Å². The van der Waals surface area contributed by atoms with Crippen molar-refractivity contribution in [2.75, 3.05) is 32.8 Å². The number of rotatable bonds is 2. The third-order valence-electron chi connectivity index (χ3n) is 5.58. The maximum Gasteiger partial charge on any atom is 0.0483 e. The summed E-state index contributed by atoms with van der Waals surface area (Å²) in [5.74, 6) is 1.67. The molecular formula is C17H24N2O. The zero-order valence-corrected chi connectivity index (χ0v) is 12.1. The van der Waals surface area contributed by atoms with Gasteiger partial charge in [0.15, 0.2) is 0 Å². The molecule has 108 valence electrons. The molecule has 20 heavy (non-hydrogen) atoms. The highest BCUT2D eigenvalue weighted by atomic mass is 16.5. The number of ether oxygens (including phenoxy) is 1. The fraction of sp³-hybridized carbons (Fsp3) is 0.647. The van der Waals surface area contributed by atoms with Crippen LogP contribution in [0.1, 0.15) is 18.4 Å². The monoisotopic (exact) mass is 272 g/mol. The fourth-order valence-electron chi connectivity index (χ4n) is 4.51. The second kappa shape index (κ2) is 5.14. The Morgan fingerprint density at radius 1 is 1.15 bits per heavy atom. The molecule has 3 saturated heterocycles. The molecular weight excluding hydrogens is 248 g/mol. The van der Waals surface area contributed by atoms with Crippen molar-refractivity contribution in [3.8, 4) is 0 Å². The van der Waals surface area contributed by atoms with Crippen LogP contribution in [-0.2, 0) is 11.3 Å². The highest BCUT2D eigenvalue weighted by Crippen LogP contribution is 2.43. The predicted octanol–water partition coefficient (Wildman–Crippen LogP) is 1.89. The molecule has 0 saturated carbocycles. The first-order valence-corrected chi connectivity index (χ1v) is 7.95. The molecule has 3 heteroatoms. The van der Waals surface area contributed by atoms with Crippen molar-refractivity contribution in [3.05, 3.63) is 35.9 Å². The number of hydrogen-bond donors (Lipinski definition) is 1. The second-order valence-electron chi connectivity index (χ2n) is 6.70. The van der Waals surface area contributed by atoms with Gasteiger partial charge in [-0.3, -0.25) is 4.90 Å². The van der Waals surface area contributed by atoms with Crippen molar-refractivity contribution < 1.29 is 4.74 Å². The molecule has 0 aromatic heterocycles. The van der Waals surface area contributed by atoms with Crippen molar-refractivity contribution in [1.29, 1.82) is 0 Å². The van der Waals surface area contributed by atoms with E-state index >= 15 is 0 Å². The van der Waals surface area contributed by atoms with Gasteiger partial charge >= 0.3 is 0 Å². The molecule has 1 N–H and O–H groups in total. The van der Waals surface area contributed by atoms with Gasteiger partial charge in [-0.05, 0) is 30.2 Å². The molecule has 1 aromatic rings. The van der Waals surface area contributed by atoms with E-state index in [0.717, 1.165) is 31.6 Å². The SMILES string of the molecule is c1ccc(CN2C[C@H]3CNC4(CCOCC4)[C@@H]3C2)cc1. The van der Waals surface area contributed by atoms with E-state index in [1.807, 2.05) is 0 Å². The van der Waals surface area contributed by atoms with Gasteiger partial charge in [-0.15, -0.1) is 0 Å². The maximum absolute atomic E-state index is 5.57. The molecule has 2 atom stereocenters. The lowest BCUT2D eigenvalue weighted by Gasteiger charge is -2.39. The number of nitrogens with one attached hydrogen (secondary N) is 1. The van der Waals surface area contributed by atoms with Gasteiger partial charge in [-0.2, -0.15) is 0 Å². The molecule has 1 aromatic carbocycles. The van der Waals surface area contributed by atoms with Crippen molar-refractivity contribution in [2.24, 2.45) is 11.8 Å². The number of likely N-dealkylation sites (tertiary alicyclic amines) is 1. The third kappa shape index (κ3) is 2.18. The summed E-state index contributed by atoms with van der Waals surface area (Å²) >= 11 is 0. The standard InChI is InChI=1S/C17H24N2O/c1-2-4-14(5-3-1)11-19-12-15-10-18-17(16(15)13-19)6-8-20-9-7-17/h1-5,15-16,18H,6-13H2/t15-,16-/m1/s1. The largest absolute Gasteiger partial charge is 0.381 e. The summed E-state index contributed by atoms with van der Waals surface area (Å²) in [4.78, 5) is 2.66. The predicted molar refractivity (Wildman–Crippen MR) is 79.5 cm³/mol. The number of benzene rings is 1. The molecule has 0 aliphatic carbocycles. The van der Waals surface area contributed by atoms with Crippen LogP contribution in [0, 0.1) is 11.8 Å². The first-order chi connectivity index (χ1) is 9.86. The maximum atomic E-state index is 5.57. The number of nitrogens with zero attached hydrogens (tertiary/aromatic N) is 1. The highest BCUT2D eigenvalue weighted by Gasteiger charge is 2.52. The van der Waals surface area contributed by atoms with E-state index in [1.165, 1.54) is 38.0 Å². The average Bonchev–Trinajstić information content (AvgIpc) is 3.03. The van der Waals surface area contributed by atoms with Crippen molar-refractivity contribution in [1.82, 2.24) is 10.2 Å². The van der Waals surface area contributed by atoms with Gasteiger partial charge < -0.3 is 10.1 Å². The zero-order valence-electron chi connectivity index (χ0n) is 12.1. The van der Waals surface area contributed by atoms with E-state index in [-0.39, 0.29) is 0 Å². The molecule has 1 spiro atoms. The van der Waals surface area contributed by atoms with E-state index in [1.54, 1.807) is 0 Å². The van der Waals surface area contributed by atoms with Crippen LogP contribution in [0.5, 0.6) is 0 Å². The Bertz CT molecular complexity index is 450. The Hall–Kier alpha value is -0.900. The smallest absolute Gasteiger partial charge is 0.0483 e. The van der Waals surface area contributed by atoms with E-state index in [0.29, 0.717) is 5.54 Å². The Morgan fingerprint density at radius 2 is 1.95 bits per heavy atom. The lowest BCUT2D eigenvalue weighted by atomic mass is 9.77. The Kier molecular flexibility index (Phi) is 3.29. The Labute approximate surface area is 121 Å². The van der Waals surface area contributed by atoms with Gasteiger partial charge in [0.05, 0.1) is 0 Å². The van der Waals surface area contributed by atoms with Crippen LogP contribution in [0.25, 0.3) is 0 Å². The summed E-state index contributed by atoms with van der Waals surface area (Å²) in [6.07, 6.45) is 2.40. The number of hydrogen-bond acceptors (Lipinski definition) is 3. The molecule has 3 heterocycles. The Balaban J connectivity index is 1.45. The zero-order chi connectivity index (χ0) is 13.4. The summed E-state index contributed by atoms with van der Waals surface area (Å²) in [7, 11) is 0. The Morgan fingerprint density at radius 3 is 2.75 bits per heavy atom. The van der Waals surface area contributed by atoms with Gasteiger partial charge in [0.2, 0.25) is 0 Å². The summed E-state index contributed by atoms with van der Waals surface area (Å²) in [5, 5.41) is 3.85. The summed E-state index contributed by atoms with van der Waals surface area (Å²) in [5.41, 5.74) is 1.83. The molecule has 0 radical (unpaired) electrons. The number of fused-ring (bicyclic) bond motifs is 2. The van der Waals surface area contributed by atoms with Crippen LogP contribution in [0.4, 0.5) is 0 Å². The minimum atomic E-state index is 0.383. The van der Waals surface area contributed by atoms with Gasteiger partial charge in [0, 0.05) is 44.9 Å². The van der Waals surface area contributed by atoms with Crippen LogP contribution < -0.4 is 5.32 Å². The van der Waals surface area contributed by atoms with Crippen LogP contribution in [0.15, 0.2) is 30.3 Å². The van der Waals surface area contributed by atoms with Crippen LogP contribution in [-0.4, -0.2) is 43.3 Å². The van der Waals surface area contributed by atoms with E-state index in [9.17, 15) is 0 Å². The first-order valence-electron chi connectivity index (χ1n) is 7.95. The molecule has 0 amide bonds. The molecule has 3 fully saturated rings. The second-order valence-corrected chi connectivity index (χ2v) is 6.70. The van der Waals surface area contributed by atoms with Crippen molar-refractivity contribution in [3.63, 3.8) is 0 Å². The minimum Gasteiger partial charge on any atom is -0.381 e. The lowest BCUT2D eigenvalue weighted by molar-refractivity contribution is 0.0258. The molecule has 0 unspecified atom stereocenters. The molecule has 3 aliphatic rings. The van der Waals surface area contributed by atoms with Crippen LogP contribution in [0.3, 0.4) is 0 Å². The van der Waals surface area contributed by atoms with Crippen LogP contribution >= 0.6 is 0 Å². The summed E-state index contributed by atoms with van der Waals surface area (Å²) < 4.78 is 5.57. The highest BCUT2D eigenvalue weighted by molar-refractivity contribution is 5.16. The third-order valence-corrected chi connectivity index (χ3v) is 5.58. The molecule has 4 rings (SSSR count). The van der Waals surface area contributed by atoms with Gasteiger partial charge in [-0.1, -0.05) is 30.3 Å². The molecule has 0 bridgehead atoms. The lowest BCUT2D eigenvalue weighted by Crippen LogP contribution is -2.50. The summed E-state index contributed by atoms with van der Waals surface area (Å²) in [6, 6.07) is 10.9. The van der Waals surface area contributed by atoms with Crippen molar-refractivity contribution >= 4 is 0 Å². The molecule has 3 nitrogen and oxygen atoms in total. The minimum absolute atomic E-state index is 0.383. The van der Waals surface area contributed by atoms with E-state index in [4.69, 9.17) is 4.74 Å². The van der Waals surface area contributed by atoms with E-state index in [2.05, 4.69) is 40.5 Å². The quantitative estimate of drug-likeness (QED) is 0.890. The summed E-state index contributed by atoms with van der Waals surface area (Å²) in [6.45, 7) is 6.71.